The number of halogens is 2. The van der Waals surface area contributed by atoms with Crippen LogP contribution in [-0.4, -0.2) is 7.11 Å². The molecule has 1 atom stereocenters. The molecule has 0 heterocycles. The molecule has 0 saturated heterocycles. The van der Waals surface area contributed by atoms with Crippen molar-refractivity contribution in [3.63, 3.8) is 0 Å². The highest BCUT2D eigenvalue weighted by atomic mass is 79.9. The molecule has 0 aliphatic carbocycles. The van der Waals surface area contributed by atoms with Gasteiger partial charge in [-0.05, 0) is 48.2 Å². The van der Waals surface area contributed by atoms with Crippen molar-refractivity contribution < 1.29 is 9.13 Å². The van der Waals surface area contributed by atoms with Crippen LogP contribution in [0.2, 0.25) is 0 Å². The number of alkyl halides is 1. The maximum Gasteiger partial charge on any atom is 0.165 e. The number of rotatable bonds is 3. The third-order valence-electron chi connectivity index (χ3n) is 3.26. The van der Waals surface area contributed by atoms with E-state index >= 15 is 0 Å². The molecule has 3 heteroatoms. The van der Waals surface area contributed by atoms with Crippen molar-refractivity contribution in [2.45, 2.75) is 18.7 Å². The first-order chi connectivity index (χ1) is 9.04. The second kappa shape index (κ2) is 5.74. The minimum Gasteiger partial charge on any atom is -0.494 e. The lowest BCUT2D eigenvalue weighted by molar-refractivity contribution is 0.386. The van der Waals surface area contributed by atoms with Crippen LogP contribution in [-0.2, 0) is 0 Å². The molecule has 2 aromatic carbocycles. The van der Waals surface area contributed by atoms with Gasteiger partial charge in [-0.2, -0.15) is 0 Å². The third-order valence-corrected chi connectivity index (χ3v) is 4.25. The highest BCUT2D eigenvalue weighted by Gasteiger charge is 2.16. The fraction of sp³-hybridized carbons (Fsp3) is 0.250. The number of benzene rings is 2. The van der Waals surface area contributed by atoms with E-state index in [0.29, 0.717) is 0 Å². The first-order valence-electron chi connectivity index (χ1n) is 6.08. The van der Waals surface area contributed by atoms with E-state index in [4.69, 9.17) is 4.74 Å². The van der Waals surface area contributed by atoms with Crippen LogP contribution in [0.5, 0.6) is 5.75 Å². The molecule has 1 nitrogen and oxygen atoms in total. The van der Waals surface area contributed by atoms with Gasteiger partial charge in [0, 0.05) is 0 Å². The summed E-state index contributed by atoms with van der Waals surface area (Å²) in [5, 5.41) is 0. The fourth-order valence-electron chi connectivity index (χ4n) is 2.23. The zero-order valence-electron chi connectivity index (χ0n) is 11.2. The lowest BCUT2D eigenvalue weighted by Crippen LogP contribution is -2.00. The summed E-state index contributed by atoms with van der Waals surface area (Å²) >= 11 is 3.67. The SMILES string of the molecule is COc1ccc(C(Br)c2c(C)cccc2C)cc1F. The van der Waals surface area contributed by atoms with Gasteiger partial charge in [0.05, 0.1) is 11.9 Å². The van der Waals surface area contributed by atoms with Gasteiger partial charge < -0.3 is 4.74 Å². The Morgan fingerprint density at radius 1 is 1.11 bits per heavy atom. The van der Waals surface area contributed by atoms with E-state index < -0.39 is 0 Å². The Kier molecular flexibility index (Phi) is 4.25. The van der Waals surface area contributed by atoms with E-state index in [9.17, 15) is 4.39 Å². The van der Waals surface area contributed by atoms with Crippen LogP contribution in [0.4, 0.5) is 4.39 Å². The number of hydrogen-bond acceptors (Lipinski definition) is 1. The summed E-state index contributed by atoms with van der Waals surface area (Å²) in [6.07, 6.45) is 0. The van der Waals surface area contributed by atoms with Crippen LogP contribution in [0, 0.1) is 19.7 Å². The van der Waals surface area contributed by atoms with Crippen LogP contribution in [0.3, 0.4) is 0 Å². The maximum atomic E-state index is 13.8. The average Bonchev–Trinajstić information content (AvgIpc) is 2.38. The summed E-state index contributed by atoms with van der Waals surface area (Å²) in [5.41, 5.74) is 4.46. The standard InChI is InChI=1S/C16H16BrFO/c1-10-5-4-6-11(2)15(10)16(17)12-7-8-14(19-3)13(18)9-12/h4-9,16H,1-3H3. The molecule has 0 fully saturated rings. The van der Waals surface area contributed by atoms with E-state index in [2.05, 4.69) is 41.9 Å². The van der Waals surface area contributed by atoms with Gasteiger partial charge in [-0.25, -0.2) is 4.39 Å². The van der Waals surface area contributed by atoms with Crippen molar-refractivity contribution in [1.29, 1.82) is 0 Å². The summed E-state index contributed by atoms with van der Waals surface area (Å²) in [6.45, 7) is 4.13. The Bertz CT molecular complexity index is 575. The minimum atomic E-state index is -0.337. The third kappa shape index (κ3) is 2.81. The summed E-state index contributed by atoms with van der Waals surface area (Å²) in [4.78, 5) is -0.0193. The molecule has 0 saturated carbocycles. The predicted octanol–water partition coefficient (Wildman–Crippen LogP) is 4.94. The minimum absolute atomic E-state index is 0.0193. The summed E-state index contributed by atoms with van der Waals surface area (Å²) in [7, 11) is 1.47. The Balaban J connectivity index is 2.44. The number of hydrogen-bond donors (Lipinski definition) is 0. The second-order valence-corrected chi connectivity index (χ2v) is 5.48. The Morgan fingerprint density at radius 2 is 1.74 bits per heavy atom. The largest absolute Gasteiger partial charge is 0.494 e. The average molecular weight is 323 g/mol. The Labute approximate surface area is 121 Å². The molecule has 100 valence electrons. The molecule has 0 spiro atoms. The van der Waals surface area contributed by atoms with Gasteiger partial charge in [-0.15, -0.1) is 0 Å². The van der Waals surface area contributed by atoms with Crippen molar-refractivity contribution >= 4 is 15.9 Å². The highest BCUT2D eigenvalue weighted by molar-refractivity contribution is 9.09. The molecule has 0 aromatic heterocycles. The summed E-state index contributed by atoms with van der Waals surface area (Å²) in [6, 6.07) is 11.2. The second-order valence-electron chi connectivity index (χ2n) is 4.56. The molecule has 2 aromatic rings. The smallest absolute Gasteiger partial charge is 0.165 e. The molecule has 0 N–H and O–H groups in total. The van der Waals surface area contributed by atoms with Crippen LogP contribution in [0.1, 0.15) is 27.1 Å². The van der Waals surface area contributed by atoms with Crippen molar-refractivity contribution in [2.24, 2.45) is 0 Å². The van der Waals surface area contributed by atoms with Crippen LogP contribution in [0.25, 0.3) is 0 Å². The monoisotopic (exact) mass is 322 g/mol. The van der Waals surface area contributed by atoms with Gasteiger partial charge >= 0.3 is 0 Å². The molecule has 19 heavy (non-hydrogen) atoms. The molecule has 2 rings (SSSR count). The van der Waals surface area contributed by atoms with Gasteiger partial charge in [-0.3, -0.25) is 0 Å². The fourth-order valence-corrected chi connectivity index (χ4v) is 3.24. The highest BCUT2D eigenvalue weighted by Crippen LogP contribution is 2.36. The van der Waals surface area contributed by atoms with Crippen molar-refractivity contribution in [3.05, 3.63) is 64.5 Å². The molecular weight excluding hydrogens is 307 g/mol. The summed E-state index contributed by atoms with van der Waals surface area (Å²) in [5.74, 6) is -0.0688. The normalized spacial score (nSPS) is 12.3. The van der Waals surface area contributed by atoms with Gasteiger partial charge in [0.25, 0.3) is 0 Å². The molecular formula is C16H16BrFO. The summed E-state index contributed by atoms with van der Waals surface area (Å²) < 4.78 is 18.7. The molecule has 1 unspecified atom stereocenters. The number of ether oxygens (including phenoxy) is 1. The van der Waals surface area contributed by atoms with E-state index in [1.54, 1.807) is 6.07 Å². The van der Waals surface area contributed by atoms with E-state index in [1.807, 2.05) is 12.1 Å². The maximum absolute atomic E-state index is 13.8. The van der Waals surface area contributed by atoms with Crippen molar-refractivity contribution in [2.75, 3.05) is 7.11 Å². The van der Waals surface area contributed by atoms with E-state index in [1.165, 1.54) is 29.9 Å². The predicted molar refractivity (Wildman–Crippen MR) is 79.6 cm³/mol. The Morgan fingerprint density at radius 3 is 2.26 bits per heavy atom. The van der Waals surface area contributed by atoms with E-state index in [0.717, 1.165) is 5.56 Å². The molecule has 0 amide bonds. The van der Waals surface area contributed by atoms with Gasteiger partial charge in [0.15, 0.2) is 11.6 Å². The topological polar surface area (TPSA) is 9.23 Å². The zero-order chi connectivity index (χ0) is 14.0. The molecule has 0 radical (unpaired) electrons. The Hall–Kier alpha value is -1.35. The zero-order valence-corrected chi connectivity index (χ0v) is 12.8. The van der Waals surface area contributed by atoms with Crippen LogP contribution >= 0.6 is 15.9 Å². The van der Waals surface area contributed by atoms with Crippen LogP contribution in [0.15, 0.2) is 36.4 Å². The van der Waals surface area contributed by atoms with Crippen LogP contribution < -0.4 is 4.74 Å². The first kappa shape index (κ1) is 14.1. The van der Waals surface area contributed by atoms with Gasteiger partial charge in [0.1, 0.15) is 0 Å². The number of aryl methyl sites for hydroxylation is 2. The molecule has 0 aliphatic rings. The van der Waals surface area contributed by atoms with E-state index in [-0.39, 0.29) is 16.4 Å². The van der Waals surface area contributed by atoms with Gasteiger partial charge in [-0.1, -0.05) is 40.2 Å². The molecule has 0 bridgehead atoms. The quantitative estimate of drug-likeness (QED) is 0.727. The lowest BCUT2D eigenvalue weighted by atomic mass is 9.96. The first-order valence-corrected chi connectivity index (χ1v) is 6.99. The molecule has 0 aliphatic heterocycles. The lowest BCUT2D eigenvalue weighted by Gasteiger charge is -2.17. The van der Waals surface area contributed by atoms with Gasteiger partial charge in [0.2, 0.25) is 0 Å². The van der Waals surface area contributed by atoms with Crippen molar-refractivity contribution in [1.82, 2.24) is 0 Å². The van der Waals surface area contributed by atoms with Crippen molar-refractivity contribution in [3.8, 4) is 5.75 Å². The number of methoxy groups -OCH3 is 1.